The van der Waals surface area contributed by atoms with Gasteiger partial charge in [-0.2, -0.15) is 0 Å². The van der Waals surface area contributed by atoms with Crippen LogP contribution < -0.4 is 5.32 Å². The van der Waals surface area contributed by atoms with E-state index < -0.39 is 0 Å². The molecule has 2 aliphatic heterocycles. The first kappa shape index (κ1) is 22.6. The number of aryl methyl sites for hydroxylation is 1. The second-order valence-electron chi connectivity index (χ2n) is 8.25. The Balaban J connectivity index is 0.00000128. The number of nitrogens with zero attached hydrogens (tertiary/aromatic N) is 3. The minimum absolute atomic E-state index is 0. The highest BCUT2D eigenvalue weighted by molar-refractivity contribution is 5.97. The number of fused-ring (bicyclic) bond motifs is 1. The number of aromatic nitrogens is 2. The Morgan fingerprint density at radius 1 is 1.03 bits per heavy atom. The minimum Gasteiger partial charge on any atom is -0.339 e. The molecule has 1 amide bonds. The summed E-state index contributed by atoms with van der Waals surface area (Å²) in [4.78, 5) is 19.8. The van der Waals surface area contributed by atoms with Crippen molar-refractivity contribution in [2.75, 3.05) is 26.2 Å². The van der Waals surface area contributed by atoms with E-state index in [0.29, 0.717) is 5.41 Å². The molecule has 2 saturated heterocycles. The van der Waals surface area contributed by atoms with Crippen LogP contribution in [-0.4, -0.2) is 46.5 Å². The Morgan fingerprint density at radius 3 is 2.43 bits per heavy atom. The number of imidazole rings is 1. The van der Waals surface area contributed by atoms with E-state index in [1.807, 2.05) is 48.2 Å². The molecular weight excluding hydrogens is 419 g/mol. The fraction of sp³-hybridized carbons (Fsp3) is 0.391. The number of para-hydroxylation sites is 1. The van der Waals surface area contributed by atoms with Crippen molar-refractivity contribution < 1.29 is 4.79 Å². The van der Waals surface area contributed by atoms with Crippen molar-refractivity contribution in [1.82, 2.24) is 19.8 Å². The molecule has 3 heterocycles. The zero-order chi connectivity index (χ0) is 19.1. The maximum atomic E-state index is 13.1. The molecule has 5 rings (SSSR count). The minimum atomic E-state index is 0. The summed E-state index contributed by atoms with van der Waals surface area (Å²) in [5.41, 5.74) is 4.17. The smallest absolute Gasteiger partial charge is 0.253 e. The molecule has 1 N–H and O–H groups in total. The Kier molecular flexibility index (Phi) is 6.75. The Bertz CT molecular complexity index is 1020. The summed E-state index contributed by atoms with van der Waals surface area (Å²) in [6.07, 6.45) is 3.46. The summed E-state index contributed by atoms with van der Waals surface area (Å²) in [6, 6.07) is 16.2. The van der Waals surface area contributed by atoms with E-state index in [1.54, 1.807) is 0 Å². The van der Waals surface area contributed by atoms with Crippen LogP contribution in [-0.2, 0) is 0 Å². The van der Waals surface area contributed by atoms with Crippen molar-refractivity contribution in [3.05, 3.63) is 59.9 Å². The lowest BCUT2D eigenvalue weighted by Crippen LogP contribution is -2.44. The fourth-order valence-electron chi connectivity index (χ4n) is 4.83. The predicted molar refractivity (Wildman–Crippen MR) is 125 cm³/mol. The van der Waals surface area contributed by atoms with Gasteiger partial charge in [-0.25, -0.2) is 4.98 Å². The highest BCUT2D eigenvalue weighted by Gasteiger charge is 2.38. The molecule has 1 aromatic heterocycles. The number of hydrogen-bond acceptors (Lipinski definition) is 3. The number of likely N-dealkylation sites (tertiary alicyclic amines) is 1. The zero-order valence-corrected chi connectivity index (χ0v) is 18.8. The van der Waals surface area contributed by atoms with Gasteiger partial charge in [0.05, 0.1) is 11.0 Å². The van der Waals surface area contributed by atoms with Crippen LogP contribution in [0.1, 0.15) is 35.4 Å². The highest BCUT2D eigenvalue weighted by Crippen LogP contribution is 2.37. The van der Waals surface area contributed by atoms with Crippen LogP contribution in [0.15, 0.2) is 48.5 Å². The van der Waals surface area contributed by atoms with Crippen LogP contribution in [0, 0.1) is 12.3 Å². The number of carbonyl (C=O) groups is 1. The summed E-state index contributed by atoms with van der Waals surface area (Å²) >= 11 is 0. The average molecular weight is 447 g/mol. The molecule has 0 bridgehead atoms. The van der Waals surface area contributed by atoms with E-state index >= 15 is 0 Å². The number of piperidine rings is 1. The fourth-order valence-corrected chi connectivity index (χ4v) is 4.83. The van der Waals surface area contributed by atoms with Crippen molar-refractivity contribution in [3.63, 3.8) is 0 Å². The van der Waals surface area contributed by atoms with Gasteiger partial charge in [-0.1, -0.05) is 18.2 Å². The van der Waals surface area contributed by atoms with Gasteiger partial charge in [0.15, 0.2) is 0 Å². The number of hydrogen-bond donors (Lipinski definition) is 1. The molecule has 1 spiro atoms. The largest absolute Gasteiger partial charge is 0.339 e. The molecule has 0 atom stereocenters. The van der Waals surface area contributed by atoms with E-state index in [9.17, 15) is 4.79 Å². The first-order valence-electron chi connectivity index (χ1n) is 10.2. The van der Waals surface area contributed by atoms with Crippen LogP contribution in [0.5, 0.6) is 0 Å². The molecule has 7 heteroatoms. The van der Waals surface area contributed by atoms with Crippen LogP contribution in [0.2, 0.25) is 0 Å². The van der Waals surface area contributed by atoms with E-state index in [4.69, 9.17) is 4.98 Å². The third-order valence-electron chi connectivity index (χ3n) is 6.53. The second kappa shape index (κ2) is 8.96. The first-order chi connectivity index (χ1) is 13.7. The second-order valence-corrected chi connectivity index (χ2v) is 8.25. The van der Waals surface area contributed by atoms with E-state index in [1.165, 1.54) is 6.42 Å². The van der Waals surface area contributed by atoms with Gasteiger partial charge in [0.1, 0.15) is 5.82 Å². The lowest BCUT2D eigenvalue weighted by molar-refractivity contribution is 0.0608. The summed E-state index contributed by atoms with van der Waals surface area (Å²) in [5.74, 6) is 1.06. The number of nitrogens with one attached hydrogen (secondary N) is 1. The average Bonchev–Trinajstić information content (AvgIpc) is 3.31. The standard InChI is InChI=1S/C23H26N4O.2ClH/c1-17-25-20-15-18(7-8-21(20)27(17)19-5-3-2-4-6-19)22(28)26-13-10-23(11-14-26)9-12-24-16-23;;/h2-8,15,24H,9-14,16H2,1H3;2*1H. The van der Waals surface area contributed by atoms with Crippen LogP contribution in [0.25, 0.3) is 16.7 Å². The van der Waals surface area contributed by atoms with Gasteiger partial charge in [0.25, 0.3) is 5.91 Å². The SMILES string of the molecule is Cc1nc2cc(C(=O)N3CCC4(CCNC4)CC3)ccc2n1-c1ccccc1.Cl.Cl. The number of rotatable bonds is 2. The molecule has 5 nitrogen and oxygen atoms in total. The number of halogens is 2. The third kappa shape index (κ3) is 3.94. The molecule has 0 saturated carbocycles. The van der Waals surface area contributed by atoms with Gasteiger partial charge in [-0.05, 0) is 68.5 Å². The van der Waals surface area contributed by atoms with Gasteiger partial charge >= 0.3 is 0 Å². The van der Waals surface area contributed by atoms with Crippen molar-refractivity contribution in [2.45, 2.75) is 26.2 Å². The zero-order valence-electron chi connectivity index (χ0n) is 17.1. The molecule has 160 valence electrons. The van der Waals surface area contributed by atoms with Crippen molar-refractivity contribution in [1.29, 1.82) is 0 Å². The quantitative estimate of drug-likeness (QED) is 0.634. The molecule has 2 fully saturated rings. The van der Waals surface area contributed by atoms with Gasteiger partial charge in [-0.3, -0.25) is 9.36 Å². The Morgan fingerprint density at radius 2 is 1.77 bits per heavy atom. The molecule has 0 radical (unpaired) electrons. The molecule has 3 aromatic rings. The highest BCUT2D eigenvalue weighted by atomic mass is 35.5. The van der Waals surface area contributed by atoms with Crippen LogP contribution >= 0.6 is 24.8 Å². The Hall–Kier alpha value is -2.08. The van der Waals surface area contributed by atoms with E-state index in [2.05, 4.69) is 22.0 Å². The normalized spacial score (nSPS) is 17.6. The van der Waals surface area contributed by atoms with Crippen LogP contribution in [0.3, 0.4) is 0 Å². The van der Waals surface area contributed by atoms with Gasteiger partial charge < -0.3 is 10.2 Å². The Labute approximate surface area is 189 Å². The monoisotopic (exact) mass is 446 g/mol. The molecule has 0 aliphatic carbocycles. The number of carbonyl (C=O) groups excluding carboxylic acids is 1. The topological polar surface area (TPSA) is 50.2 Å². The summed E-state index contributed by atoms with van der Waals surface area (Å²) in [5, 5.41) is 3.49. The summed E-state index contributed by atoms with van der Waals surface area (Å²) in [6.45, 7) is 5.95. The van der Waals surface area contributed by atoms with E-state index in [-0.39, 0.29) is 30.7 Å². The first-order valence-corrected chi connectivity index (χ1v) is 10.2. The molecule has 0 unspecified atom stereocenters. The number of amides is 1. The maximum Gasteiger partial charge on any atom is 0.253 e. The number of benzene rings is 2. The van der Waals surface area contributed by atoms with Crippen molar-refractivity contribution in [2.24, 2.45) is 5.41 Å². The predicted octanol–water partition coefficient (Wildman–Crippen LogP) is 4.39. The van der Waals surface area contributed by atoms with Gasteiger partial charge in [0.2, 0.25) is 0 Å². The van der Waals surface area contributed by atoms with E-state index in [0.717, 1.165) is 67.1 Å². The van der Waals surface area contributed by atoms with Crippen molar-refractivity contribution >= 4 is 41.8 Å². The molecule has 2 aliphatic rings. The third-order valence-corrected chi connectivity index (χ3v) is 6.53. The lowest BCUT2D eigenvalue weighted by atomic mass is 9.78. The molecule has 30 heavy (non-hydrogen) atoms. The van der Waals surface area contributed by atoms with Crippen molar-refractivity contribution in [3.8, 4) is 5.69 Å². The van der Waals surface area contributed by atoms with Gasteiger partial charge in [-0.15, -0.1) is 24.8 Å². The summed E-state index contributed by atoms with van der Waals surface area (Å²) < 4.78 is 2.14. The molecule has 2 aromatic carbocycles. The molecular formula is C23H28Cl2N4O. The van der Waals surface area contributed by atoms with Gasteiger partial charge in [0, 0.05) is 30.9 Å². The van der Waals surface area contributed by atoms with Crippen LogP contribution in [0.4, 0.5) is 0 Å². The maximum absolute atomic E-state index is 13.1. The lowest BCUT2D eigenvalue weighted by Gasteiger charge is -2.38. The summed E-state index contributed by atoms with van der Waals surface area (Å²) in [7, 11) is 0.